The molecular weight excluding hydrogens is 334 g/mol. The Balaban J connectivity index is 1.49. The number of para-hydroxylation sites is 1. The Morgan fingerprint density at radius 3 is 2.73 bits per heavy atom. The molecule has 1 aliphatic heterocycles. The zero-order valence-electron chi connectivity index (χ0n) is 14.6. The molecule has 8 heteroatoms. The number of aromatic nitrogens is 3. The van der Waals surface area contributed by atoms with Gasteiger partial charge in [-0.1, -0.05) is 28.5 Å². The Kier molecular flexibility index (Phi) is 4.44. The Bertz CT molecular complexity index is 910. The van der Waals surface area contributed by atoms with E-state index in [2.05, 4.69) is 20.2 Å². The average molecular weight is 355 g/mol. The predicted octanol–water partition coefficient (Wildman–Crippen LogP) is 1.80. The maximum atomic E-state index is 12.0. The monoisotopic (exact) mass is 355 g/mol. The number of aliphatic carboxylic acids is 1. The molecule has 0 spiro atoms. The number of hydrogen-bond acceptors (Lipinski definition) is 6. The molecule has 1 fully saturated rings. The van der Waals surface area contributed by atoms with Crippen molar-refractivity contribution in [3.63, 3.8) is 0 Å². The number of H-pyrrole nitrogens is 1. The summed E-state index contributed by atoms with van der Waals surface area (Å²) in [4.78, 5) is 19.5. The van der Waals surface area contributed by atoms with E-state index in [9.17, 15) is 9.90 Å². The summed E-state index contributed by atoms with van der Waals surface area (Å²) in [5.74, 6) is -0.820. The second-order valence-corrected chi connectivity index (χ2v) is 6.64. The summed E-state index contributed by atoms with van der Waals surface area (Å²) in [6.07, 6.45) is 1.82. The molecule has 1 unspecified atom stereocenters. The van der Waals surface area contributed by atoms with Crippen molar-refractivity contribution in [2.24, 2.45) is 0 Å². The molecule has 0 aliphatic carbocycles. The van der Waals surface area contributed by atoms with Crippen LogP contribution in [0, 0.1) is 6.92 Å². The maximum Gasteiger partial charge on any atom is 0.325 e. The van der Waals surface area contributed by atoms with Crippen molar-refractivity contribution in [3.05, 3.63) is 47.4 Å². The standard InChI is InChI=1S/C18H21N5O3/c1-12-16(21-26-20-12)11-22-6-8-23(9-7-22)17(18(24)25)14-10-19-15-5-3-2-4-13(14)15/h2-5,10,17,19H,6-9,11H2,1H3,(H,24,25). The van der Waals surface area contributed by atoms with E-state index in [0.717, 1.165) is 40.9 Å². The van der Waals surface area contributed by atoms with Crippen LogP contribution < -0.4 is 0 Å². The van der Waals surface area contributed by atoms with Crippen LogP contribution in [0.5, 0.6) is 0 Å². The summed E-state index contributed by atoms with van der Waals surface area (Å²) in [5, 5.41) is 18.6. The van der Waals surface area contributed by atoms with Crippen molar-refractivity contribution in [1.82, 2.24) is 25.1 Å². The number of rotatable bonds is 5. The summed E-state index contributed by atoms with van der Waals surface area (Å²) in [5.41, 5.74) is 3.42. The molecule has 26 heavy (non-hydrogen) atoms. The molecule has 0 bridgehead atoms. The molecule has 2 aromatic heterocycles. The zero-order valence-corrected chi connectivity index (χ0v) is 14.6. The molecule has 1 aromatic carbocycles. The van der Waals surface area contributed by atoms with Gasteiger partial charge in [0.25, 0.3) is 0 Å². The van der Waals surface area contributed by atoms with Crippen LogP contribution in [0.1, 0.15) is 23.0 Å². The molecule has 3 aromatic rings. The van der Waals surface area contributed by atoms with E-state index in [1.807, 2.05) is 42.3 Å². The lowest BCUT2D eigenvalue weighted by Gasteiger charge is -2.37. The quantitative estimate of drug-likeness (QED) is 0.720. The molecular formula is C18H21N5O3. The minimum atomic E-state index is -0.820. The van der Waals surface area contributed by atoms with Crippen molar-refractivity contribution in [2.45, 2.75) is 19.5 Å². The topological polar surface area (TPSA) is 98.5 Å². The van der Waals surface area contributed by atoms with Crippen molar-refractivity contribution < 1.29 is 14.5 Å². The zero-order chi connectivity index (χ0) is 18.1. The number of piperazine rings is 1. The van der Waals surface area contributed by atoms with Crippen LogP contribution >= 0.6 is 0 Å². The lowest BCUT2D eigenvalue weighted by atomic mass is 10.0. The number of aromatic amines is 1. The lowest BCUT2D eigenvalue weighted by Crippen LogP contribution is -2.48. The van der Waals surface area contributed by atoms with Gasteiger partial charge in [-0.15, -0.1) is 0 Å². The molecule has 0 amide bonds. The Morgan fingerprint density at radius 1 is 1.27 bits per heavy atom. The second-order valence-electron chi connectivity index (χ2n) is 6.64. The first-order valence-corrected chi connectivity index (χ1v) is 8.67. The molecule has 3 heterocycles. The van der Waals surface area contributed by atoms with E-state index in [0.29, 0.717) is 19.6 Å². The maximum absolute atomic E-state index is 12.0. The van der Waals surface area contributed by atoms with Gasteiger partial charge in [-0.2, -0.15) is 0 Å². The summed E-state index contributed by atoms with van der Waals surface area (Å²) >= 11 is 0. The first-order chi connectivity index (χ1) is 12.6. The fraction of sp³-hybridized carbons (Fsp3) is 0.389. The van der Waals surface area contributed by atoms with Crippen LogP contribution in [-0.4, -0.2) is 62.4 Å². The highest BCUT2D eigenvalue weighted by atomic mass is 16.6. The van der Waals surface area contributed by atoms with Gasteiger partial charge in [-0.3, -0.25) is 14.6 Å². The lowest BCUT2D eigenvalue weighted by molar-refractivity contribution is -0.144. The Hall–Kier alpha value is -2.71. The molecule has 1 aliphatic rings. The van der Waals surface area contributed by atoms with Gasteiger partial charge >= 0.3 is 5.97 Å². The number of nitrogens with zero attached hydrogens (tertiary/aromatic N) is 4. The number of carbonyl (C=O) groups is 1. The number of benzene rings is 1. The van der Waals surface area contributed by atoms with Gasteiger partial charge in [0, 0.05) is 55.4 Å². The third-order valence-electron chi connectivity index (χ3n) is 5.04. The van der Waals surface area contributed by atoms with Gasteiger partial charge in [0.15, 0.2) is 0 Å². The van der Waals surface area contributed by atoms with E-state index in [4.69, 9.17) is 4.63 Å². The van der Waals surface area contributed by atoms with Gasteiger partial charge in [0.05, 0.1) is 0 Å². The van der Waals surface area contributed by atoms with Crippen LogP contribution in [0.15, 0.2) is 35.1 Å². The van der Waals surface area contributed by atoms with Crippen LogP contribution in [0.4, 0.5) is 0 Å². The third-order valence-corrected chi connectivity index (χ3v) is 5.04. The van der Waals surface area contributed by atoms with Gasteiger partial charge in [-0.05, 0) is 13.0 Å². The van der Waals surface area contributed by atoms with Gasteiger partial charge in [0.1, 0.15) is 17.4 Å². The average Bonchev–Trinajstić information content (AvgIpc) is 3.24. The van der Waals surface area contributed by atoms with E-state index < -0.39 is 12.0 Å². The highest BCUT2D eigenvalue weighted by molar-refractivity contribution is 5.89. The summed E-state index contributed by atoms with van der Waals surface area (Å²) in [6, 6.07) is 7.16. The van der Waals surface area contributed by atoms with Crippen LogP contribution in [-0.2, 0) is 11.3 Å². The fourth-order valence-electron chi connectivity index (χ4n) is 3.59. The Morgan fingerprint density at radius 2 is 2.04 bits per heavy atom. The van der Waals surface area contributed by atoms with Crippen molar-refractivity contribution in [1.29, 1.82) is 0 Å². The molecule has 136 valence electrons. The molecule has 1 atom stereocenters. The molecule has 2 N–H and O–H groups in total. The van der Waals surface area contributed by atoms with Crippen molar-refractivity contribution >= 4 is 16.9 Å². The number of carboxylic acids is 1. The smallest absolute Gasteiger partial charge is 0.325 e. The third kappa shape index (κ3) is 3.09. The minimum absolute atomic E-state index is 0.649. The first kappa shape index (κ1) is 16.7. The second kappa shape index (κ2) is 6.89. The number of fused-ring (bicyclic) bond motifs is 1. The normalized spacial score (nSPS) is 17.6. The number of hydrogen-bond donors (Lipinski definition) is 2. The van der Waals surface area contributed by atoms with Gasteiger partial charge in [0.2, 0.25) is 0 Å². The minimum Gasteiger partial charge on any atom is -0.480 e. The highest BCUT2D eigenvalue weighted by Crippen LogP contribution is 2.29. The van der Waals surface area contributed by atoms with E-state index in [1.54, 1.807) is 0 Å². The van der Waals surface area contributed by atoms with Crippen molar-refractivity contribution in [2.75, 3.05) is 26.2 Å². The molecule has 4 rings (SSSR count). The van der Waals surface area contributed by atoms with E-state index in [-0.39, 0.29) is 0 Å². The number of aryl methyl sites for hydroxylation is 1. The summed E-state index contributed by atoms with van der Waals surface area (Å²) in [7, 11) is 0. The largest absolute Gasteiger partial charge is 0.480 e. The van der Waals surface area contributed by atoms with Crippen LogP contribution in [0.3, 0.4) is 0 Å². The Labute approximate surface area is 150 Å². The highest BCUT2D eigenvalue weighted by Gasteiger charge is 2.32. The number of nitrogens with one attached hydrogen (secondary N) is 1. The van der Waals surface area contributed by atoms with Crippen molar-refractivity contribution in [3.8, 4) is 0 Å². The molecule has 8 nitrogen and oxygen atoms in total. The van der Waals surface area contributed by atoms with Crippen LogP contribution in [0.25, 0.3) is 10.9 Å². The molecule has 1 saturated heterocycles. The SMILES string of the molecule is Cc1nonc1CN1CCN(C(C(=O)O)c2c[nH]c3ccccc23)CC1. The van der Waals surface area contributed by atoms with Gasteiger partial charge in [-0.25, -0.2) is 4.63 Å². The summed E-state index contributed by atoms with van der Waals surface area (Å²) in [6.45, 7) is 5.46. The summed E-state index contributed by atoms with van der Waals surface area (Å²) < 4.78 is 4.75. The van der Waals surface area contributed by atoms with E-state index >= 15 is 0 Å². The molecule has 0 saturated carbocycles. The first-order valence-electron chi connectivity index (χ1n) is 8.67. The number of carboxylic acid groups (broad SMARTS) is 1. The fourth-order valence-corrected chi connectivity index (χ4v) is 3.59. The van der Waals surface area contributed by atoms with E-state index in [1.165, 1.54) is 0 Å². The predicted molar refractivity (Wildman–Crippen MR) is 94.6 cm³/mol. The van der Waals surface area contributed by atoms with Crippen LogP contribution in [0.2, 0.25) is 0 Å². The van der Waals surface area contributed by atoms with Gasteiger partial charge < -0.3 is 10.1 Å². The molecule has 0 radical (unpaired) electrons.